The van der Waals surface area contributed by atoms with Crippen LogP contribution in [-0.2, 0) is 27.9 Å². The van der Waals surface area contributed by atoms with Gasteiger partial charge in [0, 0.05) is 23.4 Å². The third-order valence-corrected chi connectivity index (χ3v) is 7.53. The highest BCUT2D eigenvalue weighted by Crippen LogP contribution is 2.17. The fourth-order valence-electron chi connectivity index (χ4n) is 3.32. The molecule has 1 aromatic heterocycles. The first-order chi connectivity index (χ1) is 16.0. The molecular formula is C26H30N2O3S2. The van der Waals surface area contributed by atoms with Gasteiger partial charge in [-0.2, -0.15) is 4.31 Å². The summed E-state index contributed by atoms with van der Waals surface area (Å²) in [7, 11) is -3.75. The van der Waals surface area contributed by atoms with Gasteiger partial charge < -0.3 is 4.90 Å². The molecule has 1 heterocycles. The highest BCUT2D eigenvalue weighted by atomic mass is 32.2. The summed E-state index contributed by atoms with van der Waals surface area (Å²) in [4.78, 5) is 16.2. The van der Waals surface area contributed by atoms with E-state index in [0.29, 0.717) is 26.1 Å². The van der Waals surface area contributed by atoms with Crippen molar-refractivity contribution >= 4 is 33.3 Å². The van der Waals surface area contributed by atoms with Crippen LogP contribution in [0.25, 0.3) is 6.08 Å². The van der Waals surface area contributed by atoms with E-state index < -0.39 is 10.0 Å². The van der Waals surface area contributed by atoms with Gasteiger partial charge in [-0.1, -0.05) is 80.1 Å². The molecule has 5 nitrogen and oxygen atoms in total. The maximum absolute atomic E-state index is 13.4. The number of rotatable bonds is 12. The lowest BCUT2D eigenvalue weighted by molar-refractivity contribution is -0.132. The summed E-state index contributed by atoms with van der Waals surface area (Å²) in [6, 6.07) is 23.0. The smallest absolute Gasteiger partial charge is 0.238 e. The van der Waals surface area contributed by atoms with Crippen molar-refractivity contribution in [2.75, 3.05) is 13.1 Å². The number of unbranched alkanes of at least 4 members (excludes halogenated alkanes) is 1. The first-order valence-electron chi connectivity index (χ1n) is 11.1. The van der Waals surface area contributed by atoms with Gasteiger partial charge in [0.25, 0.3) is 0 Å². The Bertz CT molecular complexity index is 1110. The van der Waals surface area contributed by atoms with Gasteiger partial charge in [0.15, 0.2) is 0 Å². The first kappa shape index (κ1) is 24.9. The molecule has 3 rings (SSSR count). The van der Waals surface area contributed by atoms with E-state index in [1.165, 1.54) is 9.71 Å². The minimum Gasteiger partial charge on any atom is -0.332 e. The summed E-state index contributed by atoms with van der Waals surface area (Å²) in [5.74, 6) is -0.208. The van der Waals surface area contributed by atoms with E-state index >= 15 is 0 Å². The second kappa shape index (κ2) is 12.5. The molecule has 33 heavy (non-hydrogen) atoms. The SMILES string of the molecule is CCCCN(CC(=O)N(Cc1ccccc1)Cc1cccs1)S(=O)(=O)C=Cc1ccccc1. The van der Waals surface area contributed by atoms with Crippen LogP contribution >= 0.6 is 11.3 Å². The molecule has 0 atom stereocenters. The van der Waals surface area contributed by atoms with Gasteiger partial charge in [0.05, 0.1) is 13.1 Å². The van der Waals surface area contributed by atoms with Gasteiger partial charge in [-0.05, 0) is 35.1 Å². The second-order valence-corrected chi connectivity index (χ2v) is 10.6. The lowest BCUT2D eigenvalue weighted by atomic mass is 10.2. The van der Waals surface area contributed by atoms with Gasteiger partial charge in [-0.15, -0.1) is 11.3 Å². The Kier molecular flexibility index (Phi) is 9.42. The number of hydrogen-bond donors (Lipinski definition) is 0. The van der Waals surface area contributed by atoms with Crippen LogP contribution < -0.4 is 0 Å². The van der Waals surface area contributed by atoms with Crippen LogP contribution in [-0.4, -0.2) is 36.6 Å². The van der Waals surface area contributed by atoms with Crippen LogP contribution in [0, 0.1) is 0 Å². The molecule has 0 saturated heterocycles. The molecule has 2 aromatic carbocycles. The van der Waals surface area contributed by atoms with Crippen molar-refractivity contribution in [3.63, 3.8) is 0 Å². The average molecular weight is 483 g/mol. The first-order valence-corrected chi connectivity index (χ1v) is 13.4. The molecule has 0 aliphatic rings. The Morgan fingerprint density at radius 3 is 2.27 bits per heavy atom. The fraction of sp³-hybridized carbons (Fsp3) is 0.269. The number of nitrogens with zero attached hydrogens (tertiary/aromatic N) is 2. The molecule has 0 radical (unpaired) electrons. The zero-order valence-electron chi connectivity index (χ0n) is 18.8. The molecule has 0 aliphatic carbocycles. The van der Waals surface area contributed by atoms with Crippen molar-refractivity contribution in [1.82, 2.24) is 9.21 Å². The molecule has 0 aliphatic heterocycles. The predicted molar refractivity (Wildman–Crippen MR) is 136 cm³/mol. The summed E-state index contributed by atoms with van der Waals surface area (Å²) in [6.07, 6.45) is 3.10. The van der Waals surface area contributed by atoms with E-state index in [2.05, 4.69) is 0 Å². The molecule has 174 valence electrons. The van der Waals surface area contributed by atoms with E-state index in [1.54, 1.807) is 22.3 Å². The van der Waals surface area contributed by atoms with E-state index in [1.807, 2.05) is 85.1 Å². The largest absolute Gasteiger partial charge is 0.332 e. The molecule has 0 unspecified atom stereocenters. The van der Waals surface area contributed by atoms with Crippen LogP contribution in [0.15, 0.2) is 83.6 Å². The van der Waals surface area contributed by atoms with Gasteiger partial charge in [0.1, 0.15) is 0 Å². The van der Waals surface area contributed by atoms with Gasteiger partial charge in [-0.3, -0.25) is 4.79 Å². The number of amides is 1. The number of carbonyl (C=O) groups excluding carboxylic acids is 1. The van der Waals surface area contributed by atoms with Crippen molar-refractivity contribution in [2.24, 2.45) is 0 Å². The zero-order chi connectivity index (χ0) is 23.5. The number of sulfonamides is 1. The minimum absolute atomic E-state index is 0.181. The number of carbonyl (C=O) groups is 1. The summed E-state index contributed by atoms with van der Waals surface area (Å²) in [5.41, 5.74) is 1.81. The van der Waals surface area contributed by atoms with Crippen LogP contribution in [0.5, 0.6) is 0 Å². The van der Waals surface area contributed by atoms with Gasteiger partial charge >= 0.3 is 0 Å². The molecule has 0 spiro atoms. The Morgan fingerprint density at radius 2 is 1.64 bits per heavy atom. The number of hydrogen-bond acceptors (Lipinski definition) is 4. The molecule has 0 bridgehead atoms. The molecule has 0 N–H and O–H groups in total. The molecular weight excluding hydrogens is 452 g/mol. The topological polar surface area (TPSA) is 57.7 Å². The fourth-order valence-corrected chi connectivity index (χ4v) is 5.22. The number of benzene rings is 2. The maximum atomic E-state index is 13.4. The summed E-state index contributed by atoms with van der Waals surface area (Å²) in [6.45, 7) is 3.01. The number of thiophene rings is 1. The third kappa shape index (κ3) is 7.96. The Morgan fingerprint density at radius 1 is 0.939 bits per heavy atom. The van der Waals surface area contributed by atoms with Crippen molar-refractivity contribution in [1.29, 1.82) is 0 Å². The van der Waals surface area contributed by atoms with Crippen LogP contribution in [0.2, 0.25) is 0 Å². The molecule has 0 fully saturated rings. The van der Waals surface area contributed by atoms with Crippen molar-refractivity contribution in [3.8, 4) is 0 Å². The van der Waals surface area contributed by atoms with Crippen LogP contribution in [0.3, 0.4) is 0 Å². The Hall–Kier alpha value is -2.74. The lowest BCUT2D eigenvalue weighted by Crippen LogP contribution is -2.42. The van der Waals surface area contributed by atoms with E-state index in [0.717, 1.165) is 22.4 Å². The highest BCUT2D eigenvalue weighted by Gasteiger charge is 2.25. The molecule has 0 saturated carbocycles. The Labute approximate surface area is 201 Å². The van der Waals surface area contributed by atoms with E-state index in [4.69, 9.17) is 0 Å². The summed E-state index contributed by atoms with van der Waals surface area (Å²) in [5, 5.41) is 3.18. The maximum Gasteiger partial charge on any atom is 0.238 e. The summed E-state index contributed by atoms with van der Waals surface area (Å²) >= 11 is 1.59. The average Bonchev–Trinajstić information content (AvgIpc) is 3.34. The van der Waals surface area contributed by atoms with Gasteiger partial charge in [-0.25, -0.2) is 8.42 Å². The molecule has 7 heteroatoms. The van der Waals surface area contributed by atoms with Crippen molar-refractivity contribution < 1.29 is 13.2 Å². The van der Waals surface area contributed by atoms with Crippen LogP contribution in [0.4, 0.5) is 0 Å². The van der Waals surface area contributed by atoms with Gasteiger partial charge in [0.2, 0.25) is 15.9 Å². The second-order valence-electron chi connectivity index (χ2n) is 7.76. The summed E-state index contributed by atoms with van der Waals surface area (Å²) < 4.78 is 27.5. The quantitative estimate of drug-likeness (QED) is 0.348. The van der Waals surface area contributed by atoms with Crippen molar-refractivity contribution in [3.05, 3.63) is 99.6 Å². The Balaban J connectivity index is 1.79. The van der Waals surface area contributed by atoms with E-state index in [9.17, 15) is 13.2 Å². The predicted octanol–water partition coefficient (Wildman–Crippen LogP) is 5.38. The lowest BCUT2D eigenvalue weighted by Gasteiger charge is -2.26. The highest BCUT2D eigenvalue weighted by molar-refractivity contribution is 7.92. The molecule has 3 aromatic rings. The third-order valence-electron chi connectivity index (χ3n) is 5.16. The van der Waals surface area contributed by atoms with Crippen LogP contribution in [0.1, 0.15) is 35.8 Å². The monoisotopic (exact) mass is 482 g/mol. The minimum atomic E-state index is -3.75. The molecule has 1 amide bonds. The normalized spacial score (nSPS) is 11.8. The standard InChI is InChI=1S/C26H30N2O3S2/c1-2-3-17-28(33(30,31)19-16-23-11-6-4-7-12-23)22-26(29)27(21-25-15-10-18-32-25)20-24-13-8-5-9-14-24/h4-16,18-19H,2-3,17,20-22H2,1H3. The zero-order valence-corrected chi connectivity index (χ0v) is 20.5. The van der Waals surface area contributed by atoms with Crippen molar-refractivity contribution in [2.45, 2.75) is 32.9 Å². The van der Waals surface area contributed by atoms with E-state index in [-0.39, 0.29) is 12.5 Å².